The summed E-state index contributed by atoms with van der Waals surface area (Å²) in [5.41, 5.74) is 2.63. The predicted octanol–water partition coefficient (Wildman–Crippen LogP) is 2.57. The third-order valence-corrected chi connectivity index (χ3v) is 3.33. The number of aldehydes is 1. The lowest BCUT2D eigenvalue weighted by Gasteiger charge is -1.98. The Labute approximate surface area is 101 Å². The third kappa shape index (κ3) is 1.81. The molecule has 0 bridgehead atoms. The number of thiazole rings is 1. The largest absolute Gasteiger partial charge is 0.297 e. The third-order valence-electron chi connectivity index (χ3n) is 2.36. The molecule has 0 aliphatic rings. The van der Waals surface area contributed by atoms with Gasteiger partial charge in [-0.2, -0.15) is 0 Å². The van der Waals surface area contributed by atoms with E-state index in [0.717, 1.165) is 27.9 Å². The summed E-state index contributed by atoms with van der Waals surface area (Å²) in [5.74, 6) is 0. The Bertz CT molecular complexity index is 693. The molecule has 0 saturated heterocycles. The van der Waals surface area contributed by atoms with Gasteiger partial charge in [-0.25, -0.2) is 4.98 Å². The lowest BCUT2D eigenvalue weighted by molar-refractivity contribution is 0.112. The molecule has 5 heteroatoms. The minimum atomic E-state index is 0.624. The minimum absolute atomic E-state index is 0.624. The molecular weight excluding hydrogens is 234 g/mol. The maximum Gasteiger partial charge on any atom is 0.161 e. The number of benzene rings is 1. The van der Waals surface area contributed by atoms with Gasteiger partial charge < -0.3 is 0 Å². The van der Waals surface area contributed by atoms with E-state index in [1.165, 1.54) is 11.3 Å². The van der Waals surface area contributed by atoms with Crippen molar-refractivity contribution in [2.24, 2.45) is 0 Å². The molecule has 0 aliphatic heterocycles. The van der Waals surface area contributed by atoms with Crippen LogP contribution in [-0.4, -0.2) is 21.2 Å². The molecule has 0 atom stereocenters. The molecule has 82 valence electrons. The Hall–Kier alpha value is -2.14. The normalized spacial score (nSPS) is 10.6. The monoisotopic (exact) mass is 241 g/mol. The molecule has 17 heavy (non-hydrogen) atoms. The van der Waals surface area contributed by atoms with E-state index in [4.69, 9.17) is 0 Å². The van der Waals surface area contributed by atoms with E-state index in [1.807, 2.05) is 18.2 Å². The Morgan fingerprint density at radius 3 is 2.65 bits per heavy atom. The van der Waals surface area contributed by atoms with E-state index < -0.39 is 0 Å². The van der Waals surface area contributed by atoms with E-state index in [9.17, 15) is 4.79 Å². The fourth-order valence-corrected chi connectivity index (χ4v) is 2.30. The van der Waals surface area contributed by atoms with Gasteiger partial charge in [0.15, 0.2) is 6.29 Å². The summed E-state index contributed by atoms with van der Waals surface area (Å²) >= 11 is 1.37. The number of fused-ring (bicyclic) bond motifs is 1. The Balaban J connectivity index is 2.14. The molecule has 0 aliphatic carbocycles. The summed E-state index contributed by atoms with van der Waals surface area (Å²) < 4.78 is 0. The predicted molar refractivity (Wildman–Crippen MR) is 66.0 cm³/mol. The quantitative estimate of drug-likeness (QED) is 0.647. The highest BCUT2D eigenvalue weighted by Crippen LogP contribution is 2.26. The van der Waals surface area contributed by atoms with Crippen LogP contribution in [0.15, 0.2) is 36.8 Å². The number of aromatic nitrogens is 3. The molecule has 0 unspecified atom stereocenters. The molecule has 2 heterocycles. The Kier molecular flexibility index (Phi) is 2.38. The van der Waals surface area contributed by atoms with Crippen molar-refractivity contribution in [3.63, 3.8) is 0 Å². The van der Waals surface area contributed by atoms with E-state index in [2.05, 4.69) is 15.0 Å². The first-order chi connectivity index (χ1) is 8.36. The van der Waals surface area contributed by atoms with E-state index in [-0.39, 0.29) is 0 Å². The first-order valence-corrected chi connectivity index (χ1v) is 5.80. The van der Waals surface area contributed by atoms with Gasteiger partial charge in [0.2, 0.25) is 0 Å². The Morgan fingerprint density at radius 2 is 1.88 bits per heavy atom. The van der Waals surface area contributed by atoms with Crippen molar-refractivity contribution >= 4 is 28.7 Å². The zero-order valence-corrected chi connectivity index (χ0v) is 9.52. The lowest BCUT2D eigenvalue weighted by atomic mass is 10.2. The van der Waals surface area contributed by atoms with Crippen LogP contribution in [0.1, 0.15) is 9.67 Å². The van der Waals surface area contributed by atoms with Gasteiger partial charge >= 0.3 is 0 Å². The summed E-state index contributed by atoms with van der Waals surface area (Å²) in [6, 6.07) is 5.76. The van der Waals surface area contributed by atoms with Crippen LogP contribution in [0.4, 0.5) is 0 Å². The number of rotatable bonds is 2. The average molecular weight is 241 g/mol. The standard InChI is InChI=1S/C12H7N3OS/c16-7-9-6-15-12(17-9)8-1-2-10-11(5-8)14-4-3-13-10/h1-7H. The van der Waals surface area contributed by atoms with Crippen molar-refractivity contribution < 1.29 is 4.79 Å². The summed E-state index contributed by atoms with van der Waals surface area (Å²) in [4.78, 5) is 23.9. The topological polar surface area (TPSA) is 55.7 Å². The second kappa shape index (κ2) is 4.03. The van der Waals surface area contributed by atoms with E-state index in [0.29, 0.717) is 4.88 Å². The van der Waals surface area contributed by atoms with Crippen LogP contribution in [0.5, 0.6) is 0 Å². The second-order valence-corrected chi connectivity index (χ2v) is 4.51. The number of nitrogens with zero attached hydrogens (tertiary/aromatic N) is 3. The van der Waals surface area contributed by atoms with Gasteiger partial charge in [-0.05, 0) is 18.2 Å². The lowest BCUT2D eigenvalue weighted by Crippen LogP contribution is -1.83. The van der Waals surface area contributed by atoms with Crippen LogP contribution >= 0.6 is 11.3 Å². The van der Waals surface area contributed by atoms with Gasteiger partial charge in [0.1, 0.15) is 5.01 Å². The van der Waals surface area contributed by atoms with Gasteiger partial charge in [0, 0.05) is 24.2 Å². The summed E-state index contributed by atoms with van der Waals surface area (Å²) in [5, 5.41) is 0.819. The van der Waals surface area contributed by atoms with Crippen molar-refractivity contribution in [3.05, 3.63) is 41.7 Å². The molecule has 3 aromatic rings. The zero-order chi connectivity index (χ0) is 11.7. The highest BCUT2D eigenvalue weighted by molar-refractivity contribution is 7.16. The van der Waals surface area contributed by atoms with Crippen LogP contribution < -0.4 is 0 Å². The first-order valence-electron chi connectivity index (χ1n) is 4.99. The molecule has 3 rings (SSSR count). The number of carbonyl (C=O) groups excluding carboxylic acids is 1. The summed E-state index contributed by atoms with van der Waals surface area (Å²) in [7, 11) is 0. The maximum absolute atomic E-state index is 10.6. The smallest absolute Gasteiger partial charge is 0.161 e. The van der Waals surface area contributed by atoms with Crippen LogP contribution in [-0.2, 0) is 0 Å². The summed E-state index contributed by atoms with van der Waals surface area (Å²) in [6.07, 6.45) is 5.70. The van der Waals surface area contributed by atoms with Crippen molar-refractivity contribution in [1.29, 1.82) is 0 Å². The number of carbonyl (C=O) groups is 1. The van der Waals surface area contributed by atoms with Crippen LogP contribution in [0.25, 0.3) is 21.6 Å². The molecule has 0 fully saturated rings. The van der Waals surface area contributed by atoms with Crippen LogP contribution in [0.3, 0.4) is 0 Å². The van der Waals surface area contributed by atoms with Gasteiger partial charge in [-0.3, -0.25) is 14.8 Å². The molecule has 0 N–H and O–H groups in total. The van der Waals surface area contributed by atoms with E-state index in [1.54, 1.807) is 18.6 Å². The number of hydrogen-bond acceptors (Lipinski definition) is 5. The van der Waals surface area contributed by atoms with Gasteiger partial charge in [0.25, 0.3) is 0 Å². The molecular formula is C12H7N3OS. The van der Waals surface area contributed by atoms with Crippen LogP contribution in [0, 0.1) is 0 Å². The van der Waals surface area contributed by atoms with Crippen molar-refractivity contribution in [3.8, 4) is 10.6 Å². The van der Waals surface area contributed by atoms with E-state index >= 15 is 0 Å². The molecule has 0 spiro atoms. The highest BCUT2D eigenvalue weighted by Gasteiger charge is 2.05. The fourth-order valence-electron chi connectivity index (χ4n) is 1.57. The van der Waals surface area contributed by atoms with Gasteiger partial charge in [-0.1, -0.05) is 0 Å². The molecule has 1 aromatic carbocycles. The van der Waals surface area contributed by atoms with Gasteiger partial charge in [0.05, 0.1) is 15.9 Å². The van der Waals surface area contributed by atoms with Crippen molar-refractivity contribution in [1.82, 2.24) is 15.0 Å². The van der Waals surface area contributed by atoms with Crippen molar-refractivity contribution in [2.75, 3.05) is 0 Å². The first kappa shape index (κ1) is 10.0. The molecule has 0 saturated carbocycles. The number of hydrogen-bond donors (Lipinski definition) is 0. The average Bonchev–Trinajstić information content (AvgIpc) is 2.87. The molecule has 4 nitrogen and oxygen atoms in total. The highest BCUT2D eigenvalue weighted by atomic mass is 32.1. The zero-order valence-electron chi connectivity index (χ0n) is 8.70. The fraction of sp³-hybridized carbons (Fsp3) is 0. The van der Waals surface area contributed by atoms with Gasteiger partial charge in [-0.15, -0.1) is 11.3 Å². The Morgan fingerprint density at radius 1 is 1.06 bits per heavy atom. The summed E-state index contributed by atoms with van der Waals surface area (Å²) in [6.45, 7) is 0. The molecule has 0 radical (unpaired) electrons. The molecule has 0 amide bonds. The van der Waals surface area contributed by atoms with Crippen LogP contribution in [0.2, 0.25) is 0 Å². The van der Waals surface area contributed by atoms with Crippen molar-refractivity contribution in [2.45, 2.75) is 0 Å². The maximum atomic E-state index is 10.6. The SMILES string of the molecule is O=Cc1cnc(-c2ccc3nccnc3c2)s1. The minimum Gasteiger partial charge on any atom is -0.297 e. The second-order valence-electron chi connectivity index (χ2n) is 3.45. The molecule has 2 aromatic heterocycles.